The Kier molecular flexibility index (Phi) is 3.51. The number of ether oxygens (including phenoxy) is 1. The summed E-state index contributed by atoms with van der Waals surface area (Å²) >= 11 is 3.45. The van der Waals surface area contributed by atoms with Gasteiger partial charge in [-0.15, -0.1) is 0 Å². The molecule has 0 bridgehead atoms. The van der Waals surface area contributed by atoms with Gasteiger partial charge in [0.15, 0.2) is 5.65 Å². The number of fused-ring (bicyclic) bond motifs is 1. The zero-order valence-corrected chi connectivity index (χ0v) is 13.5. The van der Waals surface area contributed by atoms with Crippen LogP contribution in [0.15, 0.2) is 65.5 Å². The minimum Gasteiger partial charge on any atom is -0.457 e. The van der Waals surface area contributed by atoms with Gasteiger partial charge in [0.2, 0.25) is 0 Å². The van der Waals surface area contributed by atoms with Gasteiger partial charge in [-0.1, -0.05) is 18.2 Å². The Labute approximate surface area is 140 Å². The second-order valence-corrected chi connectivity index (χ2v) is 5.65. The van der Waals surface area contributed by atoms with Crippen LogP contribution in [0.25, 0.3) is 22.3 Å². The summed E-state index contributed by atoms with van der Waals surface area (Å²) in [6.45, 7) is 0. The van der Waals surface area contributed by atoms with Gasteiger partial charge in [0, 0.05) is 5.56 Å². The number of halogens is 1. The first-order valence-corrected chi connectivity index (χ1v) is 7.78. The molecule has 4 rings (SSSR count). The van der Waals surface area contributed by atoms with E-state index in [2.05, 4.69) is 36.1 Å². The highest BCUT2D eigenvalue weighted by Crippen LogP contribution is 2.31. The fraction of sp³-hybridized carbons (Fsp3) is 0. The highest BCUT2D eigenvalue weighted by Gasteiger charge is 2.13. The normalized spacial score (nSPS) is 10.8. The number of hydrogen-bond donors (Lipinski definition) is 1. The zero-order valence-electron chi connectivity index (χ0n) is 11.9. The van der Waals surface area contributed by atoms with Crippen LogP contribution >= 0.6 is 15.9 Å². The predicted octanol–water partition coefficient (Wildman–Crippen LogP) is 4.57. The quantitative estimate of drug-likeness (QED) is 0.539. The molecule has 0 unspecified atom stereocenters. The Morgan fingerprint density at radius 1 is 0.870 bits per heavy atom. The van der Waals surface area contributed by atoms with Crippen LogP contribution in [0.2, 0.25) is 0 Å². The van der Waals surface area contributed by atoms with Crippen molar-refractivity contribution in [2.45, 2.75) is 0 Å². The van der Waals surface area contributed by atoms with Gasteiger partial charge in [-0.3, -0.25) is 5.10 Å². The van der Waals surface area contributed by atoms with Gasteiger partial charge in [-0.25, -0.2) is 9.97 Å². The molecular formula is C17H11BrN4O. The smallest absolute Gasteiger partial charge is 0.160 e. The topological polar surface area (TPSA) is 63.7 Å². The van der Waals surface area contributed by atoms with Crippen LogP contribution in [0.1, 0.15) is 0 Å². The van der Waals surface area contributed by atoms with Crippen LogP contribution in [-0.4, -0.2) is 20.2 Å². The van der Waals surface area contributed by atoms with E-state index in [0.717, 1.165) is 32.7 Å². The van der Waals surface area contributed by atoms with Crippen molar-refractivity contribution in [2.75, 3.05) is 0 Å². The summed E-state index contributed by atoms with van der Waals surface area (Å²) < 4.78 is 6.52. The third-order valence-electron chi connectivity index (χ3n) is 3.42. The molecule has 2 heterocycles. The fourth-order valence-electron chi connectivity index (χ4n) is 2.34. The van der Waals surface area contributed by atoms with Crippen LogP contribution in [0.3, 0.4) is 0 Å². The minimum absolute atomic E-state index is 0.700. The zero-order chi connectivity index (χ0) is 15.6. The van der Waals surface area contributed by atoms with Gasteiger partial charge in [-0.05, 0) is 52.3 Å². The van der Waals surface area contributed by atoms with Crippen LogP contribution < -0.4 is 4.74 Å². The van der Waals surface area contributed by atoms with Gasteiger partial charge in [-0.2, -0.15) is 5.10 Å². The summed E-state index contributed by atoms with van der Waals surface area (Å²) in [7, 11) is 0. The maximum absolute atomic E-state index is 5.80. The fourth-order valence-corrected chi connectivity index (χ4v) is 2.80. The van der Waals surface area contributed by atoms with E-state index in [1.807, 2.05) is 54.6 Å². The lowest BCUT2D eigenvalue weighted by atomic mass is 10.1. The molecule has 2 aromatic carbocycles. The molecule has 5 nitrogen and oxygen atoms in total. The first-order valence-electron chi connectivity index (χ1n) is 6.99. The van der Waals surface area contributed by atoms with Gasteiger partial charge in [0.1, 0.15) is 28.1 Å². The van der Waals surface area contributed by atoms with Crippen molar-refractivity contribution in [1.82, 2.24) is 20.2 Å². The van der Waals surface area contributed by atoms with E-state index in [0.29, 0.717) is 5.65 Å². The van der Waals surface area contributed by atoms with Crippen molar-refractivity contribution < 1.29 is 4.74 Å². The first kappa shape index (κ1) is 13.9. The van der Waals surface area contributed by atoms with Crippen molar-refractivity contribution in [1.29, 1.82) is 0 Å². The predicted molar refractivity (Wildman–Crippen MR) is 91.3 cm³/mol. The largest absolute Gasteiger partial charge is 0.457 e. The highest BCUT2D eigenvalue weighted by atomic mass is 79.9. The summed E-state index contributed by atoms with van der Waals surface area (Å²) in [6, 6.07) is 17.4. The summed E-state index contributed by atoms with van der Waals surface area (Å²) in [4.78, 5) is 8.34. The molecule has 6 heteroatoms. The molecule has 1 N–H and O–H groups in total. The third kappa shape index (κ3) is 2.68. The van der Waals surface area contributed by atoms with Gasteiger partial charge >= 0.3 is 0 Å². The molecule has 23 heavy (non-hydrogen) atoms. The lowest BCUT2D eigenvalue weighted by Gasteiger charge is -2.06. The molecule has 0 spiro atoms. The van der Waals surface area contributed by atoms with E-state index in [9.17, 15) is 0 Å². The molecular weight excluding hydrogens is 356 g/mol. The van der Waals surface area contributed by atoms with Crippen molar-refractivity contribution in [3.63, 3.8) is 0 Å². The first-order chi connectivity index (χ1) is 11.3. The number of aromatic amines is 1. The minimum atomic E-state index is 0.700. The second-order valence-electron chi connectivity index (χ2n) is 4.90. The van der Waals surface area contributed by atoms with E-state index >= 15 is 0 Å². The molecule has 0 atom stereocenters. The molecule has 0 aliphatic rings. The van der Waals surface area contributed by atoms with Crippen molar-refractivity contribution in [2.24, 2.45) is 0 Å². The Morgan fingerprint density at radius 2 is 1.61 bits per heavy atom. The molecule has 2 aromatic heterocycles. The van der Waals surface area contributed by atoms with E-state index in [1.165, 1.54) is 6.33 Å². The highest BCUT2D eigenvalue weighted by molar-refractivity contribution is 9.10. The Hall–Kier alpha value is -2.73. The number of nitrogens with one attached hydrogen (secondary N) is 1. The second kappa shape index (κ2) is 5.81. The van der Waals surface area contributed by atoms with E-state index in [1.54, 1.807) is 0 Å². The maximum Gasteiger partial charge on any atom is 0.160 e. The van der Waals surface area contributed by atoms with Crippen LogP contribution in [0.4, 0.5) is 0 Å². The molecule has 112 valence electrons. The average molecular weight is 367 g/mol. The molecule has 0 fully saturated rings. The maximum atomic E-state index is 5.80. The van der Waals surface area contributed by atoms with Crippen molar-refractivity contribution in [3.8, 4) is 22.8 Å². The molecule has 4 aromatic rings. The number of benzene rings is 2. The SMILES string of the molecule is Brc1ncnc2[nH]nc(-c3ccc(Oc4ccccc4)cc3)c12. The van der Waals surface area contributed by atoms with Gasteiger partial charge < -0.3 is 4.74 Å². The molecule has 0 aliphatic heterocycles. The van der Waals surface area contributed by atoms with E-state index in [4.69, 9.17) is 4.74 Å². The van der Waals surface area contributed by atoms with E-state index < -0.39 is 0 Å². The van der Waals surface area contributed by atoms with Gasteiger partial charge in [0.05, 0.1) is 5.39 Å². The Morgan fingerprint density at radius 3 is 2.39 bits per heavy atom. The summed E-state index contributed by atoms with van der Waals surface area (Å²) in [5.41, 5.74) is 2.47. The Bertz CT molecular complexity index is 951. The van der Waals surface area contributed by atoms with Crippen molar-refractivity contribution in [3.05, 3.63) is 65.5 Å². The lowest BCUT2D eigenvalue weighted by Crippen LogP contribution is -1.85. The number of para-hydroxylation sites is 1. The summed E-state index contributed by atoms with van der Waals surface area (Å²) in [6.07, 6.45) is 1.49. The monoisotopic (exact) mass is 366 g/mol. The lowest BCUT2D eigenvalue weighted by molar-refractivity contribution is 0.483. The Balaban J connectivity index is 1.67. The van der Waals surface area contributed by atoms with Gasteiger partial charge in [0.25, 0.3) is 0 Å². The molecule has 0 saturated carbocycles. The average Bonchev–Trinajstić information content (AvgIpc) is 3.02. The number of rotatable bonds is 3. The van der Waals surface area contributed by atoms with Crippen LogP contribution in [0.5, 0.6) is 11.5 Å². The number of H-pyrrole nitrogens is 1. The number of nitrogens with zero attached hydrogens (tertiary/aromatic N) is 3. The van der Waals surface area contributed by atoms with Crippen LogP contribution in [0, 0.1) is 0 Å². The molecule has 0 aliphatic carbocycles. The standard InChI is InChI=1S/C17H11BrN4O/c18-16-14-15(21-22-17(14)20-10-19-16)11-6-8-13(9-7-11)23-12-4-2-1-3-5-12/h1-10H,(H,19,20,21,22). The molecule has 0 amide bonds. The summed E-state index contributed by atoms with van der Waals surface area (Å²) in [5.74, 6) is 1.58. The molecule has 0 saturated heterocycles. The van der Waals surface area contributed by atoms with E-state index in [-0.39, 0.29) is 0 Å². The third-order valence-corrected chi connectivity index (χ3v) is 4.02. The molecule has 0 radical (unpaired) electrons. The van der Waals surface area contributed by atoms with Crippen molar-refractivity contribution >= 4 is 27.0 Å². The number of aromatic nitrogens is 4. The number of hydrogen-bond acceptors (Lipinski definition) is 4. The summed E-state index contributed by atoms with van der Waals surface area (Å²) in [5, 5.41) is 8.13. The van der Waals surface area contributed by atoms with Crippen LogP contribution in [-0.2, 0) is 0 Å².